The molecule has 3 N–H and O–H groups in total. The molecule has 1 aromatic carbocycles. The summed E-state index contributed by atoms with van der Waals surface area (Å²) in [6.45, 7) is 0. The van der Waals surface area contributed by atoms with E-state index in [1.807, 2.05) is 12.1 Å². The number of nitrogens with one attached hydrogen (secondary N) is 1. The lowest BCUT2D eigenvalue weighted by molar-refractivity contribution is 1.31. The van der Waals surface area contributed by atoms with Crippen LogP contribution in [0.25, 0.3) is 0 Å². The molecule has 2 aromatic rings. The van der Waals surface area contributed by atoms with Crippen molar-refractivity contribution >= 4 is 56.3 Å². The van der Waals surface area contributed by atoms with E-state index in [9.17, 15) is 0 Å². The first-order valence-electron chi connectivity index (χ1n) is 4.70. The van der Waals surface area contributed by atoms with Crippen LogP contribution in [0, 0.1) is 0 Å². The SMILES string of the molecule is Nc1cc(Cl)nc(Nc2cc(Br)ccc2Cl)c1. The van der Waals surface area contributed by atoms with Gasteiger partial charge in [-0.3, -0.25) is 0 Å². The van der Waals surface area contributed by atoms with Crippen LogP contribution in [0.3, 0.4) is 0 Å². The molecule has 0 aliphatic rings. The van der Waals surface area contributed by atoms with Crippen LogP contribution in [0.4, 0.5) is 17.2 Å². The first kappa shape index (κ1) is 12.5. The van der Waals surface area contributed by atoms with E-state index < -0.39 is 0 Å². The second kappa shape index (κ2) is 5.12. The van der Waals surface area contributed by atoms with Crippen molar-refractivity contribution < 1.29 is 0 Å². The summed E-state index contributed by atoms with van der Waals surface area (Å²) in [6, 6.07) is 8.74. The van der Waals surface area contributed by atoms with E-state index in [2.05, 4.69) is 26.2 Å². The van der Waals surface area contributed by atoms with E-state index in [1.165, 1.54) is 0 Å². The number of halogens is 3. The number of hydrogen-bond donors (Lipinski definition) is 2. The number of benzene rings is 1. The van der Waals surface area contributed by atoms with Crippen molar-refractivity contribution in [3.63, 3.8) is 0 Å². The number of aromatic nitrogens is 1. The van der Waals surface area contributed by atoms with Gasteiger partial charge in [-0.15, -0.1) is 0 Å². The van der Waals surface area contributed by atoms with Gasteiger partial charge in [0, 0.05) is 16.2 Å². The Morgan fingerprint density at radius 3 is 2.65 bits per heavy atom. The molecule has 2 rings (SSSR count). The highest BCUT2D eigenvalue weighted by Crippen LogP contribution is 2.29. The summed E-state index contributed by atoms with van der Waals surface area (Å²) in [5.41, 5.74) is 6.95. The topological polar surface area (TPSA) is 50.9 Å². The maximum atomic E-state index is 6.05. The maximum absolute atomic E-state index is 6.05. The Balaban J connectivity index is 2.34. The van der Waals surface area contributed by atoms with Crippen LogP contribution >= 0.6 is 39.1 Å². The van der Waals surface area contributed by atoms with Crippen LogP contribution in [0.1, 0.15) is 0 Å². The molecule has 1 heterocycles. The third-order valence-corrected chi connectivity index (χ3v) is 3.02. The van der Waals surface area contributed by atoms with Gasteiger partial charge in [0.15, 0.2) is 0 Å². The monoisotopic (exact) mass is 331 g/mol. The van der Waals surface area contributed by atoms with Crippen molar-refractivity contribution in [1.82, 2.24) is 4.98 Å². The zero-order valence-corrected chi connectivity index (χ0v) is 11.6. The summed E-state index contributed by atoms with van der Waals surface area (Å²) >= 11 is 15.2. The number of nitrogens with two attached hydrogens (primary N) is 1. The van der Waals surface area contributed by atoms with Gasteiger partial charge in [0.05, 0.1) is 10.7 Å². The Morgan fingerprint density at radius 2 is 1.94 bits per heavy atom. The van der Waals surface area contributed by atoms with Gasteiger partial charge >= 0.3 is 0 Å². The van der Waals surface area contributed by atoms with Crippen molar-refractivity contribution in [2.24, 2.45) is 0 Å². The number of nitrogen functional groups attached to an aromatic ring is 1. The third kappa shape index (κ3) is 3.25. The van der Waals surface area contributed by atoms with E-state index in [0.29, 0.717) is 21.7 Å². The number of pyridine rings is 1. The van der Waals surface area contributed by atoms with Crippen molar-refractivity contribution in [1.29, 1.82) is 0 Å². The molecule has 0 bridgehead atoms. The summed E-state index contributed by atoms with van der Waals surface area (Å²) in [5, 5.41) is 3.98. The largest absolute Gasteiger partial charge is 0.399 e. The zero-order chi connectivity index (χ0) is 12.4. The molecule has 0 radical (unpaired) electrons. The molecule has 0 aliphatic carbocycles. The van der Waals surface area contributed by atoms with Gasteiger partial charge in [0.2, 0.25) is 0 Å². The second-order valence-electron chi connectivity index (χ2n) is 3.36. The Kier molecular flexibility index (Phi) is 3.76. The minimum Gasteiger partial charge on any atom is -0.399 e. The molecule has 0 amide bonds. The van der Waals surface area contributed by atoms with E-state index in [4.69, 9.17) is 28.9 Å². The molecule has 0 saturated carbocycles. The van der Waals surface area contributed by atoms with Gasteiger partial charge in [0.1, 0.15) is 11.0 Å². The Hall–Kier alpha value is -0.970. The van der Waals surface area contributed by atoms with Gasteiger partial charge in [0.25, 0.3) is 0 Å². The highest BCUT2D eigenvalue weighted by atomic mass is 79.9. The lowest BCUT2D eigenvalue weighted by Crippen LogP contribution is -1.96. The van der Waals surface area contributed by atoms with Crippen LogP contribution in [0.2, 0.25) is 10.2 Å². The molecule has 0 atom stereocenters. The molecule has 17 heavy (non-hydrogen) atoms. The molecule has 88 valence electrons. The van der Waals surface area contributed by atoms with Crippen LogP contribution in [0.5, 0.6) is 0 Å². The summed E-state index contributed by atoms with van der Waals surface area (Å²) < 4.78 is 0.916. The smallest absolute Gasteiger partial charge is 0.134 e. The van der Waals surface area contributed by atoms with E-state index >= 15 is 0 Å². The first-order chi connectivity index (χ1) is 8.04. The second-order valence-corrected chi connectivity index (χ2v) is 5.07. The predicted octanol–water partition coefficient (Wildman–Crippen LogP) is 4.48. The average Bonchev–Trinajstić information content (AvgIpc) is 2.22. The van der Waals surface area contributed by atoms with Crippen molar-refractivity contribution in [2.45, 2.75) is 0 Å². The van der Waals surface area contributed by atoms with Crippen LogP contribution in [-0.2, 0) is 0 Å². The quantitative estimate of drug-likeness (QED) is 0.797. The van der Waals surface area contributed by atoms with E-state index in [-0.39, 0.29) is 0 Å². The molecule has 0 spiro atoms. The van der Waals surface area contributed by atoms with Crippen molar-refractivity contribution in [3.8, 4) is 0 Å². The number of nitrogens with zero attached hydrogens (tertiary/aromatic N) is 1. The van der Waals surface area contributed by atoms with Gasteiger partial charge in [-0.1, -0.05) is 39.1 Å². The number of anilines is 3. The highest BCUT2D eigenvalue weighted by molar-refractivity contribution is 9.10. The fraction of sp³-hybridized carbons (Fsp3) is 0. The zero-order valence-electron chi connectivity index (χ0n) is 8.55. The maximum Gasteiger partial charge on any atom is 0.134 e. The molecular formula is C11H8BrCl2N3. The van der Waals surface area contributed by atoms with E-state index in [0.717, 1.165) is 10.2 Å². The van der Waals surface area contributed by atoms with Crippen LogP contribution in [-0.4, -0.2) is 4.98 Å². The molecule has 3 nitrogen and oxygen atoms in total. The van der Waals surface area contributed by atoms with Gasteiger partial charge in [-0.05, 0) is 24.3 Å². The summed E-state index contributed by atoms with van der Waals surface area (Å²) in [4.78, 5) is 4.10. The third-order valence-electron chi connectivity index (χ3n) is 2.01. The standard InChI is InChI=1S/C11H8BrCl2N3/c12-6-1-2-8(13)9(3-6)16-11-5-7(15)4-10(14)17-11/h1-5H,(H3,15,16,17). The Morgan fingerprint density at radius 1 is 1.18 bits per heavy atom. The van der Waals surface area contributed by atoms with Gasteiger partial charge < -0.3 is 11.1 Å². The summed E-state index contributed by atoms with van der Waals surface area (Å²) in [6.07, 6.45) is 0. The van der Waals surface area contributed by atoms with Gasteiger partial charge in [-0.25, -0.2) is 4.98 Å². The molecule has 0 aliphatic heterocycles. The van der Waals surface area contributed by atoms with E-state index in [1.54, 1.807) is 18.2 Å². The average molecular weight is 333 g/mol. The summed E-state index contributed by atoms with van der Waals surface area (Å²) in [7, 11) is 0. The van der Waals surface area contributed by atoms with Crippen molar-refractivity contribution in [3.05, 3.63) is 45.0 Å². The number of hydrogen-bond acceptors (Lipinski definition) is 3. The minimum atomic E-state index is 0.332. The molecule has 0 saturated heterocycles. The minimum absolute atomic E-state index is 0.332. The highest BCUT2D eigenvalue weighted by Gasteiger charge is 2.04. The molecule has 0 unspecified atom stereocenters. The molecule has 1 aromatic heterocycles. The molecule has 6 heteroatoms. The van der Waals surface area contributed by atoms with Crippen molar-refractivity contribution in [2.75, 3.05) is 11.1 Å². The normalized spacial score (nSPS) is 10.3. The Labute approximate surface area is 117 Å². The van der Waals surface area contributed by atoms with Gasteiger partial charge in [-0.2, -0.15) is 0 Å². The Bertz CT molecular complexity index is 540. The lowest BCUT2D eigenvalue weighted by Gasteiger charge is -2.09. The van der Waals surface area contributed by atoms with Crippen LogP contribution < -0.4 is 11.1 Å². The molecular weight excluding hydrogens is 325 g/mol. The molecule has 0 fully saturated rings. The predicted molar refractivity (Wildman–Crippen MR) is 76.1 cm³/mol. The first-order valence-corrected chi connectivity index (χ1v) is 6.24. The fourth-order valence-corrected chi connectivity index (χ4v) is 2.05. The lowest BCUT2D eigenvalue weighted by atomic mass is 10.3. The fourth-order valence-electron chi connectivity index (χ4n) is 1.31. The summed E-state index contributed by atoms with van der Waals surface area (Å²) in [5.74, 6) is 0.551. The number of rotatable bonds is 2. The van der Waals surface area contributed by atoms with Crippen LogP contribution in [0.15, 0.2) is 34.8 Å².